The van der Waals surface area contributed by atoms with Crippen molar-refractivity contribution in [2.75, 3.05) is 20.3 Å². The molecule has 0 aromatic heterocycles. The number of rotatable bonds is 7. The predicted molar refractivity (Wildman–Crippen MR) is 69.9 cm³/mol. The third-order valence-electron chi connectivity index (χ3n) is 2.56. The van der Waals surface area contributed by atoms with Gasteiger partial charge in [0, 0.05) is 19.7 Å². The van der Waals surface area contributed by atoms with Crippen LogP contribution in [0.4, 0.5) is 13.6 Å². The maximum Gasteiger partial charge on any atom is 0.328 e. The standard InChI is InChI=1S/C13H16F2N2O4/c1-21-7-11(12(18)19)17-13(20)16-3-2-8-4-9(14)6-10(15)5-8/h4-6,11H,2-3,7H2,1H3,(H,18,19)(H2,16,17,20). The number of aliphatic carboxylic acids is 1. The first-order valence-corrected chi connectivity index (χ1v) is 6.13. The first kappa shape index (κ1) is 16.8. The number of amides is 2. The van der Waals surface area contributed by atoms with Gasteiger partial charge in [0.2, 0.25) is 0 Å². The molecule has 2 amide bonds. The SMILES string of the molecule is COCC(NC(=O)NCCc1cc(F)cc(F)c1)C(=O)O. The number of carboxylic acids is 1. The Morgan fingerprint density at radius 3 is 2.43 bits per heavy atom. The number of halogens is 2. The maximum atomic E-state index is 12.9. The molecule has 8 heteroatoms. The van der Waals surface area contributed by atoms with Gasteiger partial charge in [0.15, 0.2) is 6.04 Å². The van der Waals surface area contributed by atoms with Crippen LogP contribution < -0.4 is 10.6 Å². The van der Waals surface area contributed by atoms with Gasteiger partial charge in [-0.05, 0) is 24.1 Å². The monoisotopic (exact) mass is 302 g/mol. The number of carboxylic acid groups (broad SMARTS) is 1. The van der Waals surface area contributed by atoms with Crippen molar-refractivity contribution in [2.24, 2.45) is 0 Å². The van der Waals surface area contributed by atoms with E-state index in [0.717, 1.165) is 18.2 Å². The highest BCUT2D eigenvalue weighted by atomic mass is 19.1. The van der Waals surface area contributed by atoms with Crippen molar-refractivity contribution in [3.8, 4) is 0 Å². The summed E-state index contributed by atoms with van der Waals surface area (Å²) in [5, 5.41) is 13.4. The van der Waals surface area contributed by atoms with Crippen LogP contribution in [0.1, 0.15) is 5.56 Å². The van der Waals surface area contributed by atoms with Gasteiger partial charge in [0.05, 0.1) is 6.61 Å². The van der Waals surface area contributed by atoms with Crippen molar-refractivity contribution < 1.29 is 28.2 Å². The van der Waals surface area contributed by atoms with Crippen LogP contribution in [0.15, 0.2) is 18.2 Å². The molecule has 6 nitrogen and oxygen atoms in total. The second-order valence-electron chi connectivity index (χ2n) is 4.27. The Kier molecular flexibility index (Phi) is 6.54. The number of urea groups is 1. The highest BCUT2D eigenvalue weighted by Crippen LogP contribution is 2.07. The van der Waals surface area contributed by atoms with Crippen LogP contribution >= 0.6 is 0 Å². The number of nitrogens with one attached hydrogen (secondary N) is 2. The number of ether oxygens (including phenoxy) is 1. The van der Waals surface area contributed by atoms with Crippen molar-refractivity contribution in [1.29, 1.82) is 0 Å². The molecule has 1 aromatic carbocycles. The van der Waals surface area contributed by atoms with Gasteiger partial charge in [0.25, 0.3) is 0 Å². The fourth-order valence-corrected chi connectivity index (χ4v) is 1.63. The van der Waals surface area contributed by atoms with E-state index < -0.39 is 29.7 Å². The summed E-state index contributed by atoms with van der Waals surface area (Å²) in [6.45, 7) is -0.0636. The van der Waals surface area contributed by atoms with E-state index in [2.05, 4.69) is 15.4 Å². The molecule has 21 heavy (non-hydrogen) atoms. The van der Waals surface area contributed by atoms with E-state index in [-0.39, 0.29) is 19.6 Å². The number of methoxy groups -OCH3 is 1. The normalized spacial score (nSPS) is 11.8. The number of hydrogen-bond donors (Lipinski definition) is 3. The lowest BCUT2D eigenvalue weighted by Gasteiger charge is -2.14. The lowest BCUT2D eigenvalue weighted by Crippen LogP contribution is -2.48. The molecule has 0 spiro atoms. The molecular formula is C13H16F2N2O4. The first-order chi connectivity index (χ1) is 9.92. The van der Waals surface area contributed by atoms with E-state index in [0.29, 0.717) is 5.56 Å². The van der Waals surface area contributed by atoms with Crippen molar-refractivity contribution in [3.05, 3.63) is 35.4 Å². The smallest absolute Gasteiger partial charge is 0.328 e. The molecule has 0 aliphatic rings. The van der Waals surface area contributed by atoms with Crippen molar-refractivity contribution in [1.82, 2.24) is 10.6 Å². The summed E-state index contributed by atoms with van der Waals surface area (Å²) in [6.07, 6.45) is 0.212. The van der Waals surface area contributed by atoms with Crippen LogP contribution in [0.5, 0.6) is 0 Å². The molecule has 0 aliphatic heterocycles. The van der Waals surface area contributed by atoms with Gasteiger partial charge in [-0.2, -0.15) is 0 Å². The van der Waals surface area contributed by atoms with Gasteiger partial charge in [-0.1, -0.05) is 0 Å². The van der Waals surface area contributed by atoms with Crippen LogP contribution in [-0.2, 0) is 16.0 Å². The quantitative estimate of drug-likeness (QED) is 0.698. The topological polar surface area (TPSA) is 87.7 Å². The molecule has 1 aromatic rings. The molecule has 0 heterocycles. The zero-order valence-corrected chi connectivity index (χ0v) is 11.4. The van der Waals surface area contributed by atoms with E-state index in [1.54, 1.807) is 0 Å². The van der Waals surface area contributed by atoms with Crippen LogP contribution in [0, 0.1) is 11.6 Å². The average Bonchev–Trinajstić information content (AvgIpc) is 2.36. The third-order valence-corrected chi connectivity index (χ3v) is 2.56. The summed E-state index contributed by atoms with van der Waals surface area (Å²) in [7, 11) is 1.31. The van der Waals surface area contributed by atoms with Crippen molar-refractivity contribution in [2.45, 2.75) is 12.5 Å². The molecule has 0 fully saturated rings. The first-order valence-electron chi connectivity index (χ1n) is 6.13. The lowest BCUT2D eigenvalue weighted by atomic mass is 10.1. The maximum absolute atomic E-state index is 12.9. The van der Waals surface area contributed by atoms with Gasteiger partial charge >= 0.3 is 12.0 Å². The fraction of sp³-hybridized carbons (Fsp3) is 0.385. The molecule has 0 radical (unpaired) electrons. The summed E-state index contributed by atoms with van der Waals surface area (Å²) in [6, 6.07) is 1.21. The molecule has 0 bridgehead atoms. The molecule has 0 saturated carbocycles. The molecule has 1 atom stereocenters. The van der Waals surface area contributed by atoms with Crippen LogP contribution in [-0.4, -0.2) is 43.4 Å². The minimum atomic E-state index is -1.22. The zero-order valence-electron chi connectivity index (χ0n) is 11.4. The molecule has 0 aliphatic carbocycles. The molecule has 1 unspecified atom stereocenters. The average molecular weight is 302 g/mol. The Labute approximate surface area is 120 Å². The number of carbonyl (C=O) groups is 2. The lowest BCUT2D eigenvalue weighted by molar-refractivity contribution is -0.140. The molecule has 0 saturated heterocycles. The second kappa shape index (κ2) is 8.15. The highest BCUT2D eigenvalue weighted by molar-refractivity contribution is 5.82. The summed E-state index contributed by atoms with van der Waals surface area (Å²) in [5.41, 5.74) is 0.388. The van der Waals surface area contributed by atoms with Crippen molar-refractivity contribution >= 4 is 12.0 Å². The summed E-state index contributed by atoms with van der Waals surface area (Å²) < 4.78 is 30.5. The zero-order chi connectivity index (χ0) is 15.8. The summed E-state index contributed by atoms with van der Waals surface area (Å²) >= 11 is 0. The van der Waals surface area contributed by atoms with Crippen LogP contribution in [0.2, 0.25) is 0 Å². The predicted octanol–water partition coefficient (Wildman–Crippen LogP) is 0.906. The van der Waals surface area contributed by atoms with E-state index >= 15 is 0 Å². The minimum Gasteiger partial charge on any atom is -0.480 e. The van der Waals surface area contributed by atoms with Gasteiger partial charge in [-0.25, -0.2) is 18.4 Å². The second-order valence-corrected chi connectivity index (χ2v) is 4.27. The molecule has 1 rings (SSSR count). The summed E-state index contributed by atoms with van der Waals surface area (Å²) in [5.74, 6) is -2.61. The highest BCUT2D eigenvalue weighted by Gasteiger charge is 2.19. The Balaban J connectivity index is 2.40. The van der Waals surface area contributed by atoms with Gasteiger partial charge in [0.1, 0.15) is 11.6 Å². The van der Waals surface area contributed by atoms with Crippen LogP contribution in [0.25, 0.3) is 0 Å². The number of benzene rings is 1. The van der Waals surface area contributed by atoms with E-state index in [9.17, 15) is 18.4 Å². The Hall–Kier alpha value is -2.22. The van der Waals surface area contributed by atoms with E-state index in [4.69, 9.17) is 5.11 Å². The number of carbonyl (C=O) groups excluding carboxylic acids is 1. The minimum absolute atomic E-state index is 0.105. The Morgan fingerprint density at radius 2 is 1.90 bits per heavy atom. The van der Waals surface area contributed by atoms with E-state index in [1.807, 2.05) is 0 Å². The third kappa shape index (κ3) is 6.17. The Bertz CT molecular complexity index is 491. The molecular weight excluding hydrogens is 286 g/mol. The summed E-state index contributed by atoms with van der Waals surface area (Å²) in [4.78, 5) is 22.3. The Morgan fingerprint density at radius 1 is 1.29 bits per heavy atom. The van der Waals surface area contributed by atoms with Gasteiger partial charge in [-0.3, -0.25) is 0 Å². The molecule has 116 valence electrons. The van der Waals surface area contributed by atoms with E-state index in [1.165, 1.54) is 7.11 Å². The number of hydrogen-bond acceptors (Lipinski definition) is 3. The van der Waals surface area contributed by atoms with Crippen molar-refractivity contribution in [3.63, 3.8) is 0 Å². The van der Waals surface area contributed by atoms with Gasteiger partial charge < -0.3 is 20.5 Å². The largest absolute Gasteiger partial charge is 0.480 e. The molecule has 3 N–H and O–H groups in total. The van der Waals surface area contributed by atoms with Crippen LogP contribution in [0.3, 0.4) is 0 Å². The van der Waals surface area contributed by atoms with Gasteiger partial charge in [-0.15, -0.1) is 0 Å². The fourth-order valence-electron chi connectivity index (χ4n) is 1.63.